The fraction of sp³-hybridized carbons (Fsp3) is 0.636. The van der Waals surface area contributed by atoms with Crippen molar-refractivity contribution in [2.75, 3.05) is 39.2 Å². The average Bonchev–Trinajstić information content (AvgIpc) is 2.85. The van der Waals surface area contributed by atoms with Gasteiger partial charge < -0.3 is 29.5 Å². The number of carbonyl (C=O) groups is 2. The van der Waals surface area contributed by atoms with Gasteiger partial charge in [-0.2, -0.15) is 0 Å². The largest absolute Gasteiger partial charge is 0.490 e. The van der Waals surface area contributed by atoms with Crippen LogP contribution in [-0.4, -0.2) is 74.0 Å². The Balaban J connectivity index is 1.64. The standard InChI is InChI=1S/C22H30N2O6/c1-24(2)20(26)11-15-10-17-16-9-13(23-22(27)21(17)19(12-25)30-15)3-4-18(16)29-14-5-7-28-8-6-14/h3-4,9,14-15,17,19,21,25H,5-8,10-12H2,1-2H3,(H,23,27)/t15-,17+,19+,21-/m0/s1. The number of fused-ring (bicyclic) bond motifs is 4. The van der Waals surface area contributed by atoms with Gasteiger partial charge >= 0.3 is 0 Å². The molecule has 2 bridgehead atoms. The van der Waals surface area contributed by atoms with Crippen molar-refractivity contribution in [1.82, 2.24) is 4.90 Å². The summed E-state index contributed by atoms with van der Waals surface area (Å²) in [7, 11) is 3.42. The van der Waals surface area contributed by atoms with Crippen LogP contribution in [0.3, 0.4) is 0 Å². The molecule has 2 N–H and O–H groups in total. The number of aliphatic hydroxyl groups is 1. The van der Waals surface area contributed by atoms with Crippen LogP contribution in [0.2, 0.25) is 0 Å². The van der Waals surface area contributed by atoms with E-state index in [2.05, 4.69) is 5.32 Å². The molecule has 8 heteroatoms. The fourth-order valence-electron chi connectivity index (χ4n) is 4.64. The molecular formula is C22H30N2O6. The number of benzene rings is 1. The Morgan fingerprint density at radius 3 is 2.77 bits per heavy atom. The van der Waals surface area contributed by atoms with Crippen LogP contribution in [0.4, 0.5) is 5.69 Å². The first-order valence-electron chi connectivity index (χ1n) is 10.6. The second-order valence-electron chi connectivity index (χ2n) is 8.51. The molecule has 0 aliphatic carbocycles. The lowest BCUT2D eigenvalue weighted by Crippen LogP contribution is -2.48. The summed E-state index contributed by atoms with van der Waals surface area (Å²) in [5, 5.41) is 12.9. The number of anilines is 1. The van der Waals surface area contributed by atoms with Gasteiger partial charge in [-0.3, -0.25) is 9.59 Å². The molecule has 164 valence electrons. The maximum absolute atomic E-state index is 13.0. The molecule has 0 saturated carbocycles. The third-order valence-corrected chi connectivity index (χ3v) is 6.24. The second kappa shape index (κ2) is 8.91. The van der Waals surface area contributed by atoms with Crippen LogP contribution < -0.4 is 10.1 Å². The van der Waals surface area contributed by atoms with E-state index in [0.29, 0.717) is 25.3 Å². The highest BCUT2D eigenvalue weighted by Crippen LogP contribution is 2.46. The average molecular weight is 418 g/mol. The Kier molecular flexibility index (Phi) is 6.26. The van der Waals surface area contributed by atoms with Crippen LogP contribution >= 0.6 is 0 Å². The summed E-state index contributed by atoms with van der Waals surface area (Å²) < 4.78 is 17.8. The molecule has 0 unspecified atom stereocenters. The van der Waals surface area contributed by atoms with E-state index in [1.54, 1.807) is 14.1 Å². The predicted molar refractivity (Wildman–Crippen MR) is 109 cm³/mol. The second-order valence-corrected chi connectivity index (χ2v) is 8.51. The van der Waals surface area contributed by atoms with E-state index in [0.717, 1.165) is 24.2 Å². The molecule has 0 aromatic heterocycles. The minimum atomic E-state index is -0.672. The van der Waals surface area contributed by atoms with Crippen molar-refractivity contribution in [1.29, 1.82) is 0 Å². The molecule has 0 radical (unpaired) electrons. The van der Waals surface area contributed by atoms with E-state index in [1.165, 1.54) is 4.90 Å². The van der Waals surface area contributed by atoms with Crippen LogP contribution in [0, 0.1) is 5.92 Å². The highest BCUT2D eigenvalue weighted by molar-refractivity contribution is 5.95. The van der Waals surface area contributed by atoms with Gasteiger partial charge in [0.15, 0.2) is 0 Å². The maximum Gasteiger partial charge on any atom is 0.230 e. The lowest BCUT2D eigenvalue weighted by Gasteiger charge is -2.40. The van der Waals surface area contributed by atoms with E-state index in [9.17, 15) is 14.7 Å². The summed E-state index contributed by atoms with van der Waals surface area (Å²) in [5.74, 6) is -0.200. The number of aliphatic hydroxyl groups excluding tert-OH is 1. The quantitative estimate of drug-likeness (QED) is 0.753. The summed E-state index contributed by atoms with van der Waals surface area (Å²) in [4.78, 5) is 26.8. The van der Waals surface area contributed by atoms with E-state index in [-0.39, 0.29) is 43.0 Å². The Morgan fingerprint density at radius 2 is 2.07 bits per heavy atom. The van der Waals surface area contributed by atoms with Crippen molar-refractivity contribution in [3.05, 3.63) is 23.8 Å². The third kappa shape index (κ3) is 4.31. The fourth-order valence-corrected chi connectivity index (χ4v) is 4.64. The zero-order chi connectivity index (χ0) is 21.3. The number of carbonyl (C=O) groups excluding carboxylic acids is 2. The molecule has 1 aromatic carbocycles. The first-order chi connectivity index (χ1) is 14.5. The number of hydrogen-bond acceptors (Lipinski definition) is 6. The number of ether oxygens (including phenoxy) is 3. The van der Waals surface area contributed by atoms with Gasteiger partial charge in [0.2, 0.25) is 11.8 Å². The molecule has 3 heterocycles. The topological polar surface area (TPSA) is 97.3 Å². The Hall–Kier alpha value is -2.16. The predicted octanol–water partition coefficient (Wildman–Crippen LogP) is 1.52. The monoisotopic (exact) mass is 418 g/mol. The summed E-state index contributed by atoms with van der Waals surface area (Å²) >= 11 is 0. The van der Waals surface area contributed by atoms with Gasteiger partial charge in [0.25, 0.3) is 0 Å². The number of nitrogens with one attached hydrogen (secondary N) is 1. The van der Waals surface area contributed by atoms with Gasteiger partial charge in [0.1, 0.15) is 11.9 Å². The molecule has 3 aliphatic rings. The normalized spacial score (nSPS) is 28.8. The van der Waals surface area contributed by atoms with Crippen LogP contribution in [0.15, 0.2) is 18.2 Å². The lowest BCUT2D eigenvalue weighted by molar-refractivity contribution is -0.150. The van der Waals surface area contributed by atoms with Crippen molar-refractivity contribution in [3.63, 3.8) is 0 Å². The minimum absolute atomic E-state index is 0.0411. The highest BCUT2D eigenvalue weighted by Gasteiger charge is 2.46. The summed E-state index contributed by atoms with van der Waals surface area (Å²) in [6.45, 7) is 1.08. The number of amides is 2. The molecule has 30 heavy (non-hydrogen) atoms. The van der Waals surface area contributed by atoms with Gasteiger partial charge in [-0.1, -0.05) is 0 Å². The van der Waals surface area contributed by atoms with Crippen molar-refractivity contribution < 1.29 is 28.9 Å². The smallest absolute Gasteiger partial charge is 0.230 e. The number of rotatable bonds is 5. The first kappa shape index (κ1) is 21.1. The van der Waals surface area contributed by atoms with Gasteiger partial charge in [-0.05, 0) is 24.6 Å². The molecule has 2 saturated heterocycles. The molecule has 1 aromatic rings. The molecule has 2 fully saturated rings. The zero-order valence-corrected chi connectivity index (χ0v) is 17.5. The van der Waals surface area contributed by atoms with Gasteiger partial charge in [-0.15, -0.1) is 0 Å². The Bertz CT molecular complexity index is 792. The molecular weight excluding hydrogens is 388 g/mol. The van der Waals surface area contributed by atoms with Gasteiger partial charge in [-0.25, -0.2) is 0 Å². The molecule has 3 aliphatic heterocycles. The first-order valence-corrected chi connectivity index (χ1v) is 10.6. The summed E-state index contributed by atoms with van der Waals surface area (Å²) in [6, 6.07) is 5.71. The third-order valence-electron chi connectivity index (χ3n) is 6.24. The van der Waals surface area contributed by atoms with Crippen LogP contribution in [0.1, 0.15) is 37.2 Å². The summed E-state index contributed by atoms with van der Waals surface area (Å²) in [6.07, 6.45) is 1.42. The van der Waals surface area contributed by atoms with Crippen LogP contribution in [0.25, 0.3) is 0 Å². The number of nitrogens with zero attached hydrogens (tertiary/aromatic N) is 1. The number of hydrogen-bond donors (Lipinski definition) is 2. The van der Waals surface area contributed by atoms with Crippen molar-refractivity contribution in [2.45, 2.75) is 49.9 Å². The highest BCUT2D eigenvalue weighted by atomic mass is 16.5. The van der Waals surface area contributed by atoms with E-state index in [1.807, 2.05) is 18.2 Å². The minimum Gasteiger partial charge on any atom is -0.490 e. The Labute approximate surface area is 176 Å². The SMILES string of the molecule is CN(C)C(=O)C[C@@H]1C[C@@H]2c3cc(ccc3OC3CCOCC3)NC(=O)[C@@H]2[C@@H](CO)O1. The Morgan fingerprint density at radius 1 is 1.30 bits per heavy atom. The lowest BCUT2D eigenvalue weighted by atomic mass is 9.76. The van der Waals surface area contributed by atoms with Crippen molar-refractivity contribution in [2.24, 2.45) is 5.92 Å². The molecule has 0 spiro atoms. The molecule has 2 amide bonds. The van der Waals surface area contributed by atoms with E-state index in [4.69, 9.17) is 14.2 Å². The van der Waals surface area contributed by atoms with Gasteiger partial charge in [0.05, 0.1) is 44.4 Å². The maximum atomic E-state index is 13.0. The zero-order valence-electron chi connectivity index (χ0n) is 17.5. The summed E-state index contributed by atoms with van der Waals surface area (Å²) in [5.41, 5.74) is 1.65. The van der Waals surface area contributed by atoms with Crippen LogP contribution in [0.5, 0.6) is 5.75 Å². The van der Waals surface area contributed by atoms with Gasteiger partial charge in [0, 0.05) is 44.1 Å². The van der Waals surface area contributed by atoms with Crippen molar-refractivity contribution >= 4 is 17.5 Å². The molecule has 4 atom stereocenters. The van der Waals surface area contributed by atoms with E-state index >= 15 is 0 Å². The van der Waals surface area contributed by atoms with Crippen LogP contribution in [-0.2, 0) is 19.1 Å². The molecule has 8 nitrogen and oxygen atoms in total. The van der Waals surface area contributed by atoms with E-state index < -0.39 is 12.0 Å². The molecule has 4 rings (SSSR count). The van der Waals surface area contributed by atoms with Crippen molar-refractivity contribution in [3.8, 4) is 5.75 Å².